The van der Waals surface area contributed by atoms with Crippen LogP contribution in [0.15, 0.2) is 79.1 Å². The second-order valence-corrected chi connectivity index (χ2v) is 9.20. The zero-order chi connectivity index (χ0) is 24.6. The van der Waals surface area contributed by atoms with E-state index >= 15 is 0 Å². The number of aryl methyl sites for hydroxylation is 2. The van der Waals surface area contributed by atoms with Crippen molar-refractivity contribution in [2.45, 2.75) is 32.4 Å². The van der Waals surface area contributed by atoms with Crippen LogP contribution >= 0.6 is 0 Å². The summed E-state index contributed by atoms with van der Waals surface area (Å²) in [4.78, 5) is 21.4. The Kier molecular flexibility index (Phi) is 5.45. The number of aromatic nitrogens is 4. The third-order valence-electron chi connectivity index (χ3n) is 6.98. The summed E-state index contributed by atoms with van der Waals surface area (Å²) in [6.45, 7) is 2.37. The van der Waals surface area contributed by atoms with Crippen molar-refractivity contribution in [3.05, 3.63) is 107 Å². The van der Waals surface area contributed by atoms with Crippen molar-refractivity contribution in [1.82, 2.24) is 25.1 Å². The van der Waals surface area contributed by atoms with E-state index in [-0.39, 0.29) is 11.9 Å². The minimum Gasteiger partial charge on any atom is -0.383 e. The lowest BCUT2D eigenvalue weighted by atomic mass is 10.1. The Balaban J connectivity index is 1.30. The highest BCUT2D eigenvalue weighted by Crippen LogP contribution is 2.38. The van der Waals surface area contributed by atoms with Crippen LogP contribution in [0.1, 0.15) is 45.1 Å². The highest BCUT2D eigenvalue weighted by Gasteiger charge is 2.28. The summed E-state index contributed by atoms with van der Waals surface area (Å²) in [7, 11) is 0. The number of carbonyl (C=O) groups excluding carboxylic acids is 1. The minimum atomic E-state index is -0.0799. The van der Waals surface area contributed by atoms with Gasteiger partial charge in [-0.2, -0.15) is 5.10 Å². The Labute approximate surface area is 209 Å². The molecule has 0 saturated heterocycles. The zero-order valence-electron chi connectivity index (χ0n) is 20.0. The average molecular weight is 475 g/mol. The van der Waals surface area contributed by atoms with E-state index in [1.54, 1.807) is 0 Å². The van der Waals surface area contributed by atoms with Crippen molar-refractivity contribution < 1.29 is 4.79 Å². The van der Waals surface area contributed by atoms with Crippen LogP contribution in [0.5, 0.6) is 0 Å². The summed E-state index contributed by atoms with van der Waals surface area (Å²) in [6, 6.07) is 24.2. The molecule has 7 heteroatoms. The van der Waals surface area contributed by atoms with E-state index in [4.69, 9.17) is 10.8 Å². The number of nitrogens with two attached hydrogens (primary N) is 1. The van der Waals surface area contributed by atoms with E-state index in [9.17, 15) is 4.79 Å². The van der Waals surface area contributed by atoms with Crippen molar-refractivity contribution in [1.29, 1.82) is 0 Å². The summed E-state index contributed by atoms with van der Waals surface area (Å²) in [5.41, 5.74) is 14.1. The second-order valence-electron chi connectivity index (χ2n) is 9.20. The van der Waals surface area contributed by atoms with Gasteiger partial charge < -0.3 is 11.1 Å². The second kappa shape index (κ2) is 8.92. The van der Waals surface area contributed by atoms with Crippen molar-refractivity contribution in [2.75, 3.05) is 5.73 Å². The first-order chi connectivity index (χ1) is 17.6. The van der Waals surface area contributed by atoms with Gasteiger partial charge in [-0.15, -0.1) is 0 Å². The van der Waals surface area contributed by atoms with Crippen molar-refractivity contribution in [3.8, 4) is 11.3 Å². The van der Waals surface area contributed by atoms with Gasteiger partial charge in [0.25, 0.3) is 5.91 Å². The third kappa shape index (κ3) is 3.79. The Morgan fingerprint density at radius 1 is 1.03 bits per heavy atom. The van der Waals surface area contributed by atoms with Crippen molar-refractivity contribution in [2.24, 2.45) is 0 Å². The summed E-state index contributed by atoms with van der Waals surface area (Å²) in [5.74, 6) is 0.339. The lowest BCUT2D eigenvalue weighted by Crippen LogP contribution is -2.23. The highest BCUT2D eigenvalue weighted by atomic mass is 16.1. The summed E-state index contributed by atoms with van der Waals surface area (Å²) < 4.78 is 2.00. The number of benzene rings is 3. The van der Waals surface area contributed by atoms with E-state index in [1.807, 2.05) is 60.1 Å². The van der Waals surface area contributed by atoms with Gasteiger partial charge in [0, 0.05) is 17.7 Å². The molecule has 1 atom stereocenters. The van der Waals surface area contributed by atoms with Crippen LogP contribution in [0.3, 0.4) is 0 Å². The Hall–Kier alpha value is -4.52. The minimum absolute atomic E-state index is 0.0799. The molecule has 2 aromatic heterocycles. The molecule has 0 aliphatic heterocycles. The number of anilines is 1. The SMILES string of the molecule is Cc1ccccc1C(=O)NCc1ccc(-c2nn([C@@H]3CCc4ccccc43)c3ncnc(N)c23)cc1. The highest BCUT2D eigenvalue weighted by molar-refractivity contribution is 5.98. The van der Waals surface area contributed by atoms with Crippen molar-refractivity contribution >= 4 is 22.8 Å². The van der Waals surface area contributed by atoms with Gasteiger partial charge in [0.05, 0.1) is 11.4 Å². The molecular formula is C29H26N6O. The molecule has 0 unspecified atom stereocenters. The van der Waals surface area contributed by atoms with E-state index < -0.39 is 0 Å². The average Bonchev–Trinajstić information content (AvgIpc) is 3.50. The van der Waals surface area contributed by atoms with Gasteiger partial charge in [-0.1, -0.05) is 66.7 Å². The molecule has 3 aromatic carbocycles. The predicted octanol–water partition coefficient (Wildman–Crippen LogP) is 4.85. The first-order valence-electron chi connectivity index (χ1n) is 12.1. The molecule has 2 heterocycles. The fourth-order valence-electron chi connectivity index (χ4n) is 5.09. The predicted molar refractivity (Wildman–Crippen MR) is 140 cm³/mol. The summed E-state index contributed by atoms with van der Waals surface area (Å²) in [5, 5.41) is 8.79. The molecule has 1 amide bonds. The monoisotopic (exact) mass is 474 g/mol. The maximum Gasteiger partial charge on any atom is 0.251 e. The van der Waals surface area contributed by atoms with Crippen LogP contribution in [0, 0.1) is 6.92 Å². The van der Waals surface area contributed by atoms with Gasteiger partial charge >= 0.3 is 0 Å². The normalized spacial score (nSPS) is 14.6. The third-order valence-corrected chi connectivity index (χ3v) is 6.98. The van der Waals surface area contributed by atoms with E-state index in [2.05, 4.69) is 39.6 Å². The quantitative estimate of drug-likeness (QED) is 0.379. The fraction of sp³-hybridized carbons (Fsp3) is 0.172. The Bertz CT molecular complexity index is 1590. The number of hydrogen-bond donors (Lipinski definition) is 2. The van der Waals surface area contributed by atoms with Crippen LogP contribution in [0.25, 0.3) is 22.3 Å². The maximum atomic E-state index is 12.6. The number of fused-ring (bicyclic) bond motifs is 2. The zero-order valence-corrected chi connectivity index (χ0v) is 20.0. The molecule has 178 valence electrons. The maximum absolute atomic E-state index is 12.6. The largest absolute Gasteiger partial charge is 0.383 e. The lowest BCUT2D eigenvalue weighted by molar-refractivity contribution is 0.0950. The molecule has 5 aromatic rings. The molecule has 0 bridgehead atoms. The number of nitrogen functional groups attached to an aromatic ring is 1. The molecule has 7 nitrogen and oxygen atoms in total. The Morgan fingerprint density at radius 3 is 2.64 bits per heavy atom. The molecule has 1 aliphatic carbocycles. The molecule has 0 radical (unpaired) electrons. The van der Waals surface area contributed by atoms with Gasteiger partial charge in [0.15, 0.2) is 5.65 Å². The molecule has 1 aliphatic rings. The summed E-state index contributed by atoms with van der Waals surface area (Å²) in [6.07, 6.45) is 3.49. The van der Waals surface area contributed by atoms with Gasteiger partial charge in [-0.05, 0) is 48.1 Å². The van der Waals surface area contributed by atoms with Gasteiger partial charge in [0.2, 0.25) is 0 Å². The number of amides is 1. The van der Waals surface area contributed by atoms with E-state index in [0.29, 0.717) is 17.9 Å². The number of carbonyl (C=O) groups is 1. The molecule has 3 N–H and O–H groups in total. The summed E-state index contributed by atoms with van der Waals surface area (Å²) >= 11 is 0. The van der Waals surface area contributed by atoms with Crippen LogP contribution in [-0.2, 0) is 13.0 Å². The fourth-order valence-corrected chi connectivity index (χ4v) is 5.09. The van der Waals surface area contributed by atoms with Crippen LogP contribution in [-0.4, -0.2) is 25.7 Å². The molecule has 0 fully saturated rings. The molecule has 6 rings (SSSR count). The standard InChI is InChI=1S/C29H26N6O/c1-18-6-2-4-8-22(18)29(36)31-16-19-10-12-21(13-11-19)26-25-27(30)32-17-33-28(25)35(34-26)24-15-14-20-7-3-5-9-23(20)24/h2-13,17,24H,14-16H2,1H3,(H,31,36)(H2,30,32,33)/t24-/m1/s1. The van der Waals surface area contributed by atoms with Crippen molar-refractivity contribution in [3.63, 3.8) is 0 Å². The number of hydrogen-bond acceptors (Lipinski definition) is 5. The van der Waals surface area contributed by atoms with Crippen LogP contribution in [0.4, 0.5) is 5.82 Å². The first kappa shape index (κ1) is 22.0. The number of nitrogens with zero attached hydrogens (tertiary/aromatic N) is 4. The van der Waals surface area contributed by atoms with Gasteiger partial charge in [-0.25, -0.2) is 14.6 Å². The molecule has 0 saturated carbocycles. The van der Waals surface area contributed by atoms with Crippen LogP contribution < -0.4 is 11.1 Å². The van der Waals surface area contributed by atoms with E-state index in [1.165, 1.54) is 17.5 Å². The lowest BCUT2D eigenvalue weighted by Gasteiger charge is -2.13. The van der Waals surface area contributed by atoms with Gasteiger partial charge in [0.1, 0.15) is 17.8 Å². The van der Waals surface area contributed by atoms with E-state index in [0.717, 1.165) is 46.3 Å². The molecule has 0 spiro atoms. The molecular weight excluding hydrogens is 448 g/mol. The number of rotatable bonds is 5. The topological polar surface area (TPSA) is 98.7 Å². The van der Waals surface area contributed by atoms with Gasteiger partial charge in [-0.3, -0.25) is 4.79 Å². The number of nitrogens with one attached hydrogen (secondary N) is 1. The van der Waals surface area contributed by atoms with Crippen LogP contribution in [0.2, 0.25) is 0 Å². The first-order valence-corrected chi connectivity index (χ1v) is 12.1. The molecule has 36 heavy (non-hydrogen) atoms. The Morgan fingerprint density at radius 2 is 1.81 bits per heavy atom. The smallest absolute Gasteiger partial charge is 0.251 e.